The van der Waals surface area contributed by atoms with Gasteiger partial charge < -0.3 is 5.73 Å². The van der Waals surface area contributed by atoms with Gasteiger partial charge in [-0.25, -0.2) is 4.39 Å². The summed E-state index contributed by atoms with van der Waals surface area (Å²) in [5.74, 6) is 0. The van der Waals surface area contributed by atoms with Crippen LogP contribution in [0, 0.1) is 6.92 Å². The molecule has 0 aliphatic heterocycles. The van der Waals surface area contributed by atoms with Gasteiger partial charge in [0.2, 0.25) is 0 Å². The molecule has 13 heavy (non-hydrogen) atoms. The number of hydrogen-bond donors (Lipinski definition) is 1. The Balaban J connectivity index is 2.45. The zero-order valence-electron chi connectivity index (χ0n) is 7.76. The van der Waals surface area contributed by atoms with Crippen LogP contribution in [0.4, 0.5) is 4.39 Å². The predicted octanol–water partition coefficient (Wildman–Crippen LogP) is 2.28. The van der Waals surface area contributed by atoms with Gasteiger partial charge in [0, 0.05) is 0 Å². The number of halogens is 1. The highest BCUT2D eigenvalue weighted by atomic mass is 19.1. The van der Waals surface area contributed by atoms with Crippen molar-refractivity contribution in [2.75, 3.05) is 0 Å². The summed E-state index contributed by atoms with van der Waals surface area (Å²) in [5.41, 5.74) is 9.15. The fourth-order valence-corrected chi connectivity index (χ4v) is 1.92. The van der Waals surface area contributed by atoms with E-state index in [4.69, 9.17) is 5.73 Å². The second-order valence-electron chi connectivity index (χ2n) is 3.78. The van der Waals surface area contributed by atoms with Crippen molar-refractivity contribution in [2.24, 2.45) is 5.73 Å². The first-order chi connectivity index (χ1) is 6.18. The van der Waals surface area contributed by atoms with Crippen LogP contribution in [-0.2, 0) is 6.42 Å². The van der Waals surface area contributed by atoms with Crippen LogP contribution in [0.5, 0.6) is 0 Å². The standard InChI is InChI=1S/C11H14FN/c1-7-2-3-8-4-5-10(12)11(13)9(8)6-7/h2-3,6,10-11H,4-5,13H2,1H3/t10-,11+/m0/s1. The Hall–Kier alpha value is -0.890. The average molecular weight is 179 g/mol. The van der Waals surface area contributed by atoms with Gasteiger partial charge in [-0.1, -0.05) is 23.8 Å². The molecule has 0 heterocycles. The maximum atomic E-state index is 13.3. The van der Waals surface area contributed by atoms with Crippen LogP contribution in [0.1, 0.15) is 29.2 Å². The van der Waals surface area contributed by atoms with Crippen LogP contribution in [0.2, 0.25) is 0 Å². The molecular weight excluding hydrogens is 165 g/mol. The Labute approximate surface area is 77.8 Å². The van der Waals surface area contributed by atoms with E-state index in [1.54, 1.807) is 0 Å². The van der Waals surface area contributed by atoms with Gasteiger partial charge in [-0.2, -0.15) is 0 Å². The minimum atomic E-state index is -0.866. The van der Waals surface area contributed by atoms with Gasteiger partial charge in [-0.05, 0) is 30.9 Å². The van der Waals surface area contributed by atoms with Crippen molar-refractivity contribution in [1.82, 2.24) is 0 Å². The lowest BCUT2D eigenvalue weighted by Crippen LogP contribution is -2.28. The lowest BCUT2D eigenvalue weighted by Gasteiger charge is -2.25. The summed E-state index contributed by atoms with van der Waals surface area (Å²) in [6, 6.07) is 5.72. The molecule has 1 nitrogen and oxygen atoms in total. The fraction of sp³-hybridized carbons (Fsp3) is 0.455. The Morgan fingerprint density at radius 1 is 1.46 bits per heavy atom. The highest BCUT2D eigenvalue weighted by Crippen LogP contribution is 2.30. The number of fused-ring (bicyclic) bond motifs is 1. The third-order valence-electron chi connectivity index (χ3n) is 2.74. The first-order valence-electron chi connectivity index (χ1n) is 4.67. The van der Waals surface area contributed by atoms with Crippen LogP contribution >= 0.6 is 0 Å². The van der Waals surface area contributed by atoms with E-state index in [1.165, 1.54) is 5.56 Å². The zero-order valence-corrected chi connectivity index (χ0v) is 7.76. The molecule has 0 unspecified atom stereocenters. The number of rotatable bonds is 0. The van der Waals surface area contributed by atoms with E-state index in [0.29, 0.717) is 6.42 Å². The van der Waals surface area contributed by atoms with Crippen molar-refractivity contribution in [2.45, 2.75) is 32.0 Å². The smallest absolute Gasteiger partial charge is 0.120 e. The van der Waals surface area contributed by atoms with E-state index < -0.39 is 12.2 Å². The molecule has 0 fully saturated rings. The Kier molecular flexibility index (Phi) is 2.08. The number of alkyl halides is 1. The molecule has 0 spiro atoms. The van der Waals surface area contributed by atoms with Crippen LogP contribution in [-0.4, -0.2) is 6.17 Å². The molecule has 1 aliphatic rings. The molecule has 1 aliphatic carbocycles. The summed E-state index contributed by atoms with van der Waals surface area (Å²) in [6.45, 7) is 2.01. The van der Waals surface area contributed by atoms with Crippen LogP contribution in [0.15, 0.2) is 18.2 Å². The second kappa shape index (κ2) is 3.11. The second-order valence-corrected chi connectivity index (χ2v) is 3.78. The maximum absolute atomic E-state index is 13.3. The molecule has 0 bridgehead atoms. The third-order valence-corrected chi connectivity index (χ3v) is 2.74. The van der Waals surface area contributed by atoms with E-state index in [2.05, 4.69) is 12.1 Å². The molecule has 1 aromatic rings. The molecule has 0 saturated heterocycles. The molecule has 1 aromatic carbocycles. The number of hydrogen-bond acceptors (Lipinski definition) is 1. The van der Waals surface area contributed by atoms with Gasteiger partial charge in [0.05, 0.1) is 6.04 Å². The summed E-state index contributed by atoms with van der Waals surface area (Å²) < 4.78 is 13.3. The Bertz CT molecular complexity index is 322. The van der Waals surface area contributed by atoms with Crippen molar-refractivity contribution in [1.29, 1.82) is 0 Å². The molecule has 2 heteroatoms. The zero-order chi connectivity index (χ0) is 9.42. The quantitative estimate of drug-likeness (QED) is 0.649. The highest BCUT2D eigenvalue weighted by Gasteiger charge is 2.25. The van der Waals surface area contributed by atoms with Crippen molar-refractivity contribution in [3.63, 3.8) is 0 Å². The van der Waals surface area contributed by atoms with E-state index in [1.807, 2.05) is 13.0 Å². The number of aryl methyl sites for hydroxylation is 2. The van der Waals surface area contributed by atoms with Gasteiger partial charge >= 0.3 is 0 Å². The molecule has 0 radical (unpaired) electrons. The van der Waals surface area contributed by atoms with E-state index in [9.17, 15) is 4.39 Å². The van der Waals surface area contributed by atoms with Gasteiger partial charge in [0.1, 0.15) is 6.17 Å². The van der Waals surface area contributed by atoms with Crippen molar-refractivity contribution in [3.05, 3.63) is 34.9 Å². The lowest BCUT2D eigenvalue weighted by molar-refractivity contribution is 0.255. The highest BCUT2D eigenvalue weighted by molar-refractivity contribution is 5.36. The molecule has 0 amide bonds. The summed E-state index contributed by atoms with van der Waals surface area (Å²) in [4.78, 5) is 0. The summed E-state index contributed by atoms with van der Waals surface area (Å²) in [7, 11) is 0. The van der Waals surface area contributed by atoms with Crippen LogP contribution in [0.3, 0.4) is 0 Å². The monoisotopic (exact) mass is 179 g/mol. The average Bonchev–Trinajstić information content (AvgIpc) is 2.12. The van der Waals surface area contributed by atoms with Gasteiger partial charge in [0.15, 0.2) is 0 Å². The number of nitrogens with two attached hydrogens (primary N) is 1. The third kappa shape index (κ3) is 1.46. The molecule has 2 rings (SSSR count). The van der Waals surface area contributed by atoms with Gasteiger partial charge in [-0.3, -0.25) is 0 Å². The van der Waals surface area contributed by atoms with Crippen LogP contribution in [0.25, 0.3) is 0 Å². The largest absolute Gasteiger partial charge is 0.322 e. The SMILES string of the molecule is Cc1ccc2c(c1)[C@@H](N)[C@@H](F)CC2. The molecule has 2 atom stereocenters. The molecular formula is C11H14FN. The molecule has 0 aromatic heterocycles. The lowest BCUT2D eigenvalue weighted by atomic mass is 9.86. The number of benzene rings is 1. The van der Waals surface area contributed by atoms with E-state index in [-0.39, 0.29) is 0 Å². The topological polar surface area (TPSA) is 26.0 Å². The normalized spacial score (nSPS) is 27.0. The summed E-state index contributed by atoms with van der Waals surface area (Å²) in [5, 5.41) is 0. The fourth-order valence-electron chi connectivity index (χ4n) is 1.92. The van der Waals surface area contributed by atoms with Crippen LogP contribution < -0.4 is 5.73 Å². The molecule has 2 N–H and O–H groups in total. The predicted molar refractivity (Wildman–Crippen MR) is 51.3 cm³/mol. The summed E-state index contributed by atoms with van der Waals surface area (Å²) in [6.07, 6.45) is 0.524. The first-order valence-corrected chi connectivity index (χ1v) is 4.67. The van der Waals surface area contributed by atoms with E-state index >= 15 is 0 Å². The van der Waals surface area contributed by atoms with Crippen molar-refractivity contribution >= 4 is 0 Å². The first kappa shape index (κ1) is 8.70. The summed E-state index contributed by atoms with van der Waals surface area (Å²) >= 11 is 0. The minimum absolute atomic E-state index is 0.413. The Morgan fingerprint density at radius 3 is 3.00 bits per heavy atom. The minimum Gasteiger partial charge on any atom is -0.322 e. The molecule has 0 saturated carbocycles. The van der Waals surface area contributed by atoms with Gasteiger partial charge in [-0.15, -0.1) is 0 Å². The maximum Gasteiger partial charge on any atom is 0.120 e. The van der Waals surface area contributed by atoms with Crippen molar-refractivity contribution < 1.29 is 4.39 Å². The van der Waals surface area contributed by atoms with Gasteiger partial charge in [0.25, 0.3) is 0 Å². The molecule has 70 valence electrons. The van der Waals surface area contributed by atoms with E-state index in [0.717, 1.165) is 17.5 Å². The van der Waals surface area contributed by atoms with Crippen molar-refractivity contribution in [3.8, 4) is 0 Å². The Morgan fingerprint density at radius 2 is 2.23 bits per heavy atom.